The van der Waals surface area contributed by atoms with Crippen LogP contribution < -0.4 is 32.7 Å². The van der Waals surface area contributed by atoms with Crippen molar-refractivity contribution in [3.8, 4) is 0 Å². The summed E-state index contributed by atoms with van der Waals surface area (Å²) < 4.78 is 0. The van der Waals surface area contributed by atoms with Crippen molar-refractivity contribution in [2.24, 2.45) is 23.3 Å². The van der Waals surface area contributed by atoms with Crippen LogP contribution in [0.5, 0.6) is 0 Å². The number of hydrogen-bond acceptors (Lipinski definition) is 8. The lowest BCUT2D eigenvalue weighted by Gasteiger charge is -2.27. The first-order valence-electron chi connectivity index (χ1n) is 15.7. The number of H-pyrrole nitrogens is 1. The SMILES string of the molecule is CC(C)C[C@H](NC(=O)[C@@H](N)CC(C)C)C(=O)N[C@@H](CCC(=O)O)C(=O)N[C@@H](CC(N)=O)C(=O)N[C@@H](Cc1c[nH]c2ccccc12)C(=O)O. The van der Waals surface area contributed by atoms with Crippen molar-refractivity contribution in [1.29, 1.82) is 0 Å². The highest BCUT2D eigenvalue weighted by Crippen LogP contribution is 2.19. The number of rotatable bonds is 20. The number of benzene rings is 1. The molecule has 0 radical (unpaired) electrons. The Balaban J connectivity index is 2.26. The number of nitrogens with one attached hydrogen (secondary N) is 5. The molecule has 0 unspecified atom stereocenters. The third kappa shape index (κ3) is 12.7. The molecule has 0 aliphatic rings. The van der Waals surface area contributed by atoms with Gasteiger partial charge >= 0.3 is 11.9 Å². The number of para-hydroxylation sites is 1. The fourth-order valence-electron chi connectivity index (χ4n) is 5.08. The van der Waals surface area contributed by atoms with Crippen LogP contribution in [0.25, 0.3) is 10.9 Å². The van der Waals surface area contributed by atoms with Crippen molar-refractivity contribution >= 4 is 52.4 Å². The lowest BCUT2D eigenvalue weighted by atomic mass is 10.00. The van der Waals surface area contributed by atoms with Crippen LogP contribution >= 0.6 is 0 Å². The van der Waals surface area contributed by atoms with E-state index in [2.05, 4.69) is 26.3 Å². The fraction of sp³-hybridized carbons (Fsp3) is 0.531. The van der Waals surface area contributed by atoms with Gasteiger partial charge in [0.1, 0.15) is 24.2 Å². The van der Waals surface area contributed by atoms with E-state index in [0.717, 1.165) is 10.9 Å². The number of carbonyl (C=O) groups is 7. The number of carboxylic acid groups (broad SMARTS) is 2. The molecule has 264 valence electrons. The van der Waals surface area contributed by atoms with E-state index in [1.807, 2.05) is 27.7 Å². The van der Waals surface area contributed by atoms with Crippen LogP contribution in [0.4, 0.5) is 0 Å². The van der Waals surface area contributed by atoms with Crippen LogP contribution in [-0.4, -0.2) is 86.9 Å². The van der Waals surface area contributed by atoms with Crippen molar-refractivity contribution in [2.75, 3.05) is 0 Å². The summed E-state index contributed by atoms with van der Waals surface area (Å²) in [6, 6.07) is 0.483. The topological polar surface area (TPSA) is 276 Å². The Morgan fingerprint density at radius 2 is 1.29 bits per heavy atom. The molecule has 48 heavy (non-hydrogen) atoms. The predicted octanol–water partition coefficient (Wildman–Crippen LogP) is -0.106. The van der Waals surface area contributed by atoms with Crippen LogP contribution in [-0.2, 0) is 40.0 Å². The summed E-state index contributed by atoms with van der Waals surface area (Å²) in [6.07, 6.45) is 0.304. The Bertz CT molecular complexity index is 1470. The Hall–Kier alpha value is -4.99. The lowest BCUT2D eigenvalue weighted by Crippen LogP contribution is -2.59. The van der Waals surface area contributed by atoms with E-state index in [9.17, 15) is 43.8 Å². The maximum Gasteiger partial charge on any atom is 0.326 e. The number of nitrogens with two attached hydrogens (primary N) is 2. The smallest absolute Gasteiger partial charge is 0.326 e. The maximum absolute atomic E-state index is 13.4. The van der Waals surface area contributed by atoms with Crippen molar-refractivity contribution in [2.45, 2.75) is 96.4 Å². The molecule has 1 aromatic carbocycles. The number of aromatic nitrogens is 1. The highest BCUT2D eigenvalue weighted by atomic mass is 16.4. The first-order valence-corrected chi connectivity index (χ1v) is 15.7. The molecule has 0 aliphatic heterocycles. The molecule has 5 amide bonds. The third-order valence-electron chi connectivity index (χ3n) is 7.43. The largest absolute Gasteiger partial charge is 0.481 e. The summed E-state index contributed by atoms with van der Waals surface area (Å²) in [5.41, 5.74) is 12.7. The minimum atomic E-state index is -1.66. The molecule has 16 heteroatoms. The van der Waals surface area contributed by atoms with Crippen molar-refractivity contribution in [3.05, 3.63) is 36.0 Å². The van der Waals surface area contributed by atoms with Gasteiger partial charge in [0.15, 0.2) is 0 Å². The molecular weight excluding hydrogens is 626 g/mol. The molecule has 0 fully saturated rings. The molecule has 1 heterocycles. The zero-order valence-electron chi connectivity index (χ0n) is 27.6. The molecule has 0 saturated carbocycles. The van der Waals surface area contributed by atoms with Gasteiger partial charge in [-0.2, -0.15) is 0 Å². The van der Waals surface area contributed by atoms with Crippen LogP contribution in [0, 0.1) is 11.8 Å². The number of fused-ring (bicyclic) bond motifs is 1. The number of hydrogen-bond donors (Lipinski definition) is 9. The van der Waals surface area contributed by atoms with Gasteiger partial charge in [-0.3, -0.25) is 28.8 Å². The average Bonchev–Trinajstić information content (AvgIpc) is 3.39. The number of amides is 5. The Kier molecular flexibility index (Phi) is 15.0. The molecule has 2 rings (SSSR count). The predicted molar refractivity (Wildman–Crippen MR) is 175 cm³/mol. The first-order chi connectivity index (χ1) is 22.5. The van der Waals surface area contributed by atoms with Crippen LogP contribution in [0.15, 0.2) is 30.5 Å². The molecular formula is C32H47N7O9. The molecule has 0 saturated heterocycles. The monoisotopic (exact) mass is 673 g/mol. The second-order valence-corrected chi connectivity index (χ2v) is 12.6. The summed E-state index contributed by atoms with van der Waals surface area (Å²) in [5.74, 6) is -7.06. The van der Waals surface area contributed by atoms with E-state index in [1.165, 1.54) is 0 Å². The molecule has 0 bridgehead atoms. The second kappa shape index (κ2) is 18.4. The zero-order valence-corrected chi connectivity index (χ0v) is 27.6. The van der Waals surface area contributed by atoms with Gasteiger partial charge in [0.05, 0.1) is 12.5 Å². The van der Waals surface area contributed by atoms with Crippen LogP contribution in [0.3, 0.4) is 0 Å². The van der Waals surface area contributed by atoms with E-state index in [0.29, 0.717) is 12.0 Å². The molecule has 11 N–H and O–H groups in total. The van der Waals surface area contributed by atoms with E-state index in [4.69, 9.17) is 11.5 Å². The summed E-state index contributed by atoms with van der Waals surface area (Å²) >= 11 is 0. The molecule has 0 aliphatic carbocycles. The minimum Gasteiger partial charge on any atom is -0.481 e. The van der Waals surface area contributed by atoms with Crippen LogP contribution in [0.2, 0.25) is 0 Å². The van der Waals surface area contributed by atoms with Gasteiger partial charge in [0.2, 0.25) is 29.5 Å². The van der Waals surface area contributed by atoms with Gasteiger partial charge < -0.3 is 47.9 Å². The number of carboxylic acids is 2. The number of carbonyl (C=O) groups excluding carboxylic acids is 5. The van der Waals surface area contributed by atoms with Crippen LogP contribution in [0.1, 0.15) is 65.4 Å². The van der Waals surface area contributed by atoms with E-state index >= 15 is 0 Å². The molecule has 0 spiro atoms. The summed E-state index contributed by atoms with van der Waals surface area (Å²) in [4.78, 5) is 91.2. The molecule has 2 aromatic rings. The van der Waals surface area contributed by atoms with Crippen molar-refractivity contribution in [3.63, 3.8) is 0 Å². The first kappa shape index (κ1) is 39.2. The van der Waals surface area contributed by atoms with Crippen molar-refractivity contribution < 1.29 is 43.8 Å². The standard InChI is InChI=1S/C32H47N7O9/c1-16(2)11-20(33)28(43)37-23(12-17(3)4)30(45)36-22(9-10-27(41)42)29(44)38-24(14-26(34)40)31(46)39-25(32(47)48)13-18-15-35-21-8-6-5-7-19(18)21/h5-8,15-17,20,22-25,35H,9-14,33H2,1-4H3,(H2,34,40)(H,36,45)(H,37,43)(H,38,44)(H,39,46)(H,41,42)(H,47,48)/t20-,22-,23-,24-,25-/m0/s1. The maximum atomic E-state index is 13.4. The molecule has 5 atom stereocenters. The highest BCUT2D eigenvalue weighted by molar-refractivity contribution is 5.97. The van der Waals surface area contributed by atoms with Gasteiger partial charge in [0.25, 0.3) is 0 Å². The van der Waals surface area contributed by atoms with Crippen molar-refractivity contribution in [1.82, 2.24) is 26.3 Å². The summed E-state index contributed by atoms with van der Waals surface area (Å²) in [6.45, 7) is 7.39. The van der Waals surface area contributed by atoms with E-state index < -0.39 is 90.9 Å². The van der Waals surface area contributed by atoms with Gasteiger partial charge in [-0.1, -0.05) is 45.9 Å². The third-order valence-corrected chi connectivity index (χ3v) is 7.43. The zero-order chi connectivity index (χ0) is 36.1. The number of aromatic amines is 1. The Labute approximate surface area is 278 Å². The van der Waals surface area contributed by atoms with Gasteiger partial charge in [-0.25, -0.2) is 4.79 Å². The molecule has 16 nitrogen and oxygen atoms in total. The normalized spacial score (nSPS) is 14.4. The lowest BCUT2D eigenvalue weighted by molar-refractivity contribution is -0.142. The van der Waals surface area contributed by atoms with Gasteiger partial charge in [0, 0.05) is 29.9 Å². The minimum absolute atomic E-state index is 0.0799. The second-order valence-electron chi connectivity index (χ2n) is 12.6. The van der Waals surface area contributed by atoms with Gasteiger partial charge in [-0.05, 0) is 42.7 Å². The fourth-order valence-corrected chi connectivity index (χ4v) is 5.08. The highest BCUT2D eigenvalue weighted by Gasteiger charge is 2.33. The Morgan fingerprint density at radius 1 is 0.750 bits per heavy atom. The summed E-state index contributed by atoms with van der Waals surface area (Å²) in [7, 11) is 0. The Morgan fingerprint density at radius 3 is 1.88 bits per heavy atom. The summed E-state index contributed by atoms with van der Waals surface area (Å²) in [5, 5.41) is 29.6. The van der Waals surface area contributed by atoms with E-state index in [-0.39, 0.29) is 24.7 Å². The molecule has 1 aromatic heterocycles. The average molecular weight is 674 g/mol. The number of primary amides is 1. The number of aliphatic carboxylic acids is 2. The quantitative estimate of drug-likeness (QED) is 0.0899. The van der Waals surface area contributed by atoms with E-state index in [1.54, 1.807) is 30.5 Å². The van der Waals surface area contributed by atoms with Gasteiger partial charge in [-0.15, -0.1) is 0 Å².